The first-order chi connectivity index (χ1) is 2.77. The summed E-state index contributed by atoms with van der Waals surface area (Å²) < 4.78 is 0. The molecule has 0 bridgehead atoms. The fraction of sp³-hybridized carbons (Fsp3) is 0.714. The van der Waals surface area contributed by atoms with E-state index in [-0.39, 0.29) is 40.1 Å². The van der Waals surface area contributed by atoms with Crippen LogP contribution in [0.15, 0.2) is 0 Å². The first-order valence-electron chi connectivity index (χ1n) is 2.56. The predicted octanol–water partition coefficient (Wildman–Crippen LogP) is 2.70. The molecular formula is C7H16Y-2. The van der Waals surface area contributed by atoms with Crippen LogP contribution in [0.2, 0.25) is 0 Å². The van der Waals surface area contributed by atoms with Crippen molar-refractivity contribution < 1.29 is 32.7 Å². The van der Waals surface area contributed by atoms with Crippen LogP contribution in [-0.2, 0) is 32.7 Å². The van der Waals surface area contributed by atoms with Gasteiger partial charge in [-0.3, -0.25) is 0 Å². The maximum atomic E-state index is 3.73. The first kappa shape index (κ1) is 16.0. The maximum absolute atomic E-state index is 3.73. The van der Waals surface area contributed by atoms with E-state index >= 15 is 0 Å². The molecule has 0 aliphatic heterocycles. The van der Waals surface area contributed by atoms with E-state index in [1.807, 2.05) is 0 Å². The summed E-state index contributed by atoms with van der Waals surface area (Å²) in [6.07, 6.45) is 2.34. The van der Waals surface area contributed by atoms with Gasteiger partial charge in [-0.05, 0) is 5.92 Å². The van der Waals surface area contributed by atoms with Crippen LogP contribution in [-0.4, -0.2) is 0 Å². The van der Waals surface area contributed by atoms with Crippen LogP contribution >= 0.6 is 0 Å². The average Bonchev–Trinajstić information content (AvgIpc) is 1.35. The zero-order valence-electron chi connectivity index (χ0n) is 6.28. The maximum Gasteiger partial charge on any atom is 0 e. The zero-order chi connectivity index (χ0) is 4.99. The van der Waals surface area contributed by atoms with Crippen molar-refractivity contribution in [3.05, 3.63) is 14.4 Å². The van der Waals surface area contributed by atoms with Gasteiger partial charge in [0.15, 0.2) is 0 Å². The molecule has 49 valence electrons. The third kappa shape index (κ3) is 15.7. The summed E-state index contributed by atoms with van der Waals surface area (Å²) in [7, 11) is 0. The van der Waals surface area contributed by atoms with E-state index in [1.54, 1.807) is 0 Å². The number of hydrogen-bond acceptors (Lipinski definition) is 0. The molecule has 0 aromatic heterocycles. The van der Waals surface area contributed by atoms with Gasteiger partial charge in [0.1, 0.15) is 0 Å². The average molecular weight is 189 g/mol. The van der Waals surface area contributed by atoms with Crippen molar-refractivity contribution in [2.75, 3.05) is 0 Å². The van der Waals surface area contributed by atoms with E-state index in [0.29, 0.717) is 0 Å². The molecule has 0 saturated heterocycles. The van der Waals surface area contributed by atoms with E-state index in [0.717, 1.165) is 12.3 Å². The van der Waals surface area contributed by atoms with Gasteiger partial charge in [0.05, 0.1) is 0 Å². The molecule has 0 unspecified atom stereocenters. The second-order valence-electron chi connectivity index (χ2n) is 2.04. The zero-order valence-corrected chi connectivity index (χ0v) is 9.11. The van der Waals surface area contributed by atoms with Crippen LogP contribution < -0.4 is 0 Å². The van der Waals surface area contributed by atoms with Gasteiger partial charge in [0.2, 0.25) is 0 Å². The molecule has 0 heterocycles. The summed E-state index contributed by atoms with van der Waals surface area (Å²) in [5, 5.41) is 0. The topological polar surface area (TPSA) is 0 Å². The van der Waals surface area contributed by atoms with Crippen molar-refractivity contribution in [1.82, 2.24) is 0 Å². The largest absolute Gasteiger partial charge is 0.358 e. The Kier molecular flexibility index (Phi) is 22.0. The quantitative estimate of drug-likeness (QED) is 0.586. The minimum atomic E-state index is 0. The van der Waals surface area contributed by atoms with Crippen LogP contribution in [0.4, 0.5) is 0 Å². The van der Waals surface area contributed by atoms with E-state index in [4.69, 9.17) is 0 Å². The van der Waals surface area contributed by atoms with E-state index in [1.165, 1.54) is 6.42 Å². The second-order valence-corrected chi connectivity index (χ2v) is 2.04. The van der Waals surface area contributed by atoms with Crippen molar-refractivity contribution in [2.45, 2.75) is 26.7 Å². The fourth-order valence-corrected chi connectivity index (χ4v) is 0.408. The van der Waals surface area contributed by atoms with Crippen LogP contribution in [0, 0.1) is 20.3 Å². The Morgan fingerprint density at radius 1 is 1.38 bits per heavy atom. The van der Waals surface area contributed by atoms with Gasteiger partial charge in [0.25, 0.3) is 0 Å². The van der Waals surface area contributed by atoms with Crippen molar-refractivity contribution in [3.63, 3.8) is 0 Å². The van der Waals surface area contributed by atoms with Gasteiger partial charge in [-0.2, -0.15) is 6.42 Å². The van der Waals surface area contributed by atoms with Crippen LogP contribution in [0.3, 0.4) is 0 Å². The molecule has 0 spiro atoms. The van der Waals surface area contributed by atoms with Crippen LogP contribution in [0.25, 0.3) is 0 Å². The van der Waals surface area contributed by atoms with Gasteiger partial charge in [-0.15, -0.1) is 0 Å². The molecule has 0 N–H and O–H groups in total. The van der Waals surface area contributed by atoms with Crippen molar-refractivity contribution >= 4 is 0 Å². The third-order valence-corrected chi connectivity index (χ3v) is 0.781. The molecule has 1 heteroatoms. The van der Waals surface area contributed by atoms with Gasteiger partial charge in [-0.25, -0.2) is 0 Å². The fourth-order valence-electron chi connectivity index (χ4n) is 0.408. The Morgan fingerprint density at radius 2 is 1.75 bits per heavy atom. The summed E-state index contributed by atoms with van der Waals surface area (Å²) in [6.45, 7) is 8.15. The molecule has 0 fully saturated rings. The molecule has 0 aliphatic carbocycles. The minimum Gasteiger partial charge on any atom is -0.358 e. The molecule has 1 radical (unpaired) electrons. The minimum absolute atomic E-state index is 0. The number of rotatable bonds is 2. The standard InChI is InChI=1S/C6H13.CH3.Y/c1-4-5-6(2)3;;/h6H,1,4-5H2,2-3H3;1H3;/q2*-1;. The van der Waals surface area contributed by atoms with Crippen molar-refractivity contribution in [3.8, 4) is 0 Å². The molecule has 0 rings (SSSR count). The van der Waals surface area contributed by atoms with E-state index in [2.05, 4.69) is 20.8 Å². The molecule has 0 nitrogen and oxygen atoms in total. The summed E-state index contributed by atoms with van der Waals surface area (Å²) in [5.74, 6) is 0.836. The molecule has 0 aromatic rings. The van der Waals surface area contributed by atoms with Crippen molar-refractivity contribution in [1.29, 1.82) is 0 Å². The SMILES string of the molecule is [CH2-]CCC(C)C.[CH3-].[Y]. The molecule has 8 heavy (non-hydrogen) atoms. The molecular weight excluding hydrogens is 173 g/mol. The Bertz CT molecular complexity index is 25.6. The second kappa shape index (κ2) is 11.0. The van der Waals surface area contributed by atoms with Gasteiger partial charge >= 0.3 is 0 Å². The summed E-state index contributed by atoms with van der Waals surface area (Å²) in [4.78, 5) is 0. The normalized spacial score (nSPS) is 7.50. The van der Waals surface area contributed by atoms with Crippen LogP contribution in [0.5, 0.6) is 0 Å². The molecule has 0 aromatic carbocycles. The Balaban J connectivity index is -0.000000125. The Morgan fingerprint density at radius 3 is 1.75 bits per heavy atom. The van der Waals surface area contributed by atoms with Crippen LogP contribution in [0.1, 0.15) is 26.7 Å². The molecule has 0 saturated carbocycles. The van der Waals surface area contributed by atoms with E-state index < -0.39 is 0 Å². The van der Waals surface area contributed by atoms with Crippen molar-refractivity contribution in [2.24, 2.45) is 5.92 Å². The van der Waals surface area contributed by atoms with Gasteiger partial charge in [-0.1, -0.05) is 20.3 Å². The monoisotopic (exact) mass is 189 g/mol. The van der Waals surface area contributed by atoms with Gasteiger partial charge in [0, 0.05) is 32.7 Å². The molecule has 0 atom stereocenters. The van der Waals surface area contributed by atoms with Gasteiger partial charge < -0.3 is 14.4 Å². The third-order valence-electron chi connectivity index (χ3n) is 0.781. The summed E-state index contributed by atoms with van der Waals surface area (Å²) in [6, 6.07) is 0. The molecule has 0 aliphatic rings. The number of hydrogen-bond donors (Lipinski definition) is 0. The summed E-state index contributed by atoms with van der Waals surface area (Å²) in [5.41, 5.74) is 0. The Labute approximate surface area is 79.3 Å². The smallest absolute Gasteiger partial charge is 0 e. The predicted molar refractivity (Wildman–Crippen MR) is 35.8 cm³/mol. The summed E-state index contributed by atoms with van der Waals surface area (Å²) >= 11 is 0. The van der Waals surface area contributed by atoms with E-state index in [9.17, 15) is 0 Å². The Hall–Kier alpha value is 1.10. The molecule has 0 amide bonds. The first-order valence-corrected chi connectivity index (χ1v) is 2.56.